The molecule has 0 aromatic heterocycles. The molecular formula is C68H128O20. The number of carbonyl (C=O) groups excluding carboxylic acids is 3. The largest absolute Gasteiger partial charge is 0.462 e. The average molecular weight is 1270 g/mol. The van der Waals surface area contributed by atoms with Crippen LogP contribution in [-0.2, 0) is 94.9 Å². The summed E-state index contributed by atoms with van der Waals surface area (Å²) in [5.41, 5.74) is 0. The number of hydrogen-bond donors (Lipinski definition) is 0. The molecule has 0 spiro atoms. The van der Waals surface area contributed by atoms with Gasteiger partial charge in [0.2, 0.25) is 0 Å². The smallest absolute Gasteiger partial charge is 0.337 e. The molecule has 0 amide bonds. The Morgan fingerprint density at radius 1 is 0.295 bits per heavy atom. The topological polar surface area (TPSA) is 208 Å². The van der Waals surface area contributed by atoms with Crippen LogP contribution in [0.4, 0.5) is 0 Å². The molecule has 0 saturated heterocycles. The van der Waals surface area contributed by atoms with E-state index >= 15 is 0 Å². The Hall–Kier alpha value is -2.67. The van der Waals surface area contributed by atoms with E-state index < -0.39 is 24.1 Å². The summed E-state index contributed by atoms with van der Waals surface area (Å²) in [6, 6.07) is 0. The van der Waals surface area contributed by atoms with Gasteiger partial charge in [-0.25, -0.2) is 4.79 Å². The van der Waals surface area contributed by atoms with Crippen LogP contribution in [0.15, 0.2) is 24.3 Å². The predicted octanol–water partition coefficient (Wildman–Crippen LogP) is 11.9. The van der Waals surface area contributed by atoms with Gasteiger partial charge in [0.25, 0.3) is 0 Å². The molecule has 0 aromatic rings. The molecule has 2 unspecified atom stereocenters. The van der Waals surface area contributed by atoms with Crippen LogP contribution in [0.5, 0.6) is 0 Å². The first-order chi connectivity index (χ1) is 43.5. The number of carbonyl (C=O) groups is 3. The van der Waals surface area contributed by atoms with Crippen molar-refractivity contribution in [1.29, 1.82) is 0 Å². The number of esters is 3. The van der Waals surface area contributed by atoms with Gasteiger partial charge in [-0.1, -0.05) is 141 Å². The molecule has 0 saturated carbocycles. The highest BCUT2D eigenvalue weighted by atomic mass is 16.6. The van der Waals surface area contributed by atoms with E-state index in [9.17, 15) is 14.4 Å². The Morgan fingerprint density at radius 3 is 0.932 bits per heavy atom. The quantitative estimate of drug-likeness (QED) is 0.0240. The molecule has 0 radical (unpaired) electrons. The lowest BCUT2D eigenvalue weighted by Gasteiger charge is -2.21. The third-order valence-corrected chi connectivity index (χ3v) is 13.7. The van der Waals surface area contributed by atoms with Gasteiger partial charge in [0, 0.05) is 27.1 Å². The first kappa shape index (κ1) is 85.3. The van der Waals surface area contributed by atoms with Crippen molar-refractivity contribution in [2.45, 2.75) is 206 Å². The first-order valence-corrected chi connectivity index (χ1v) is 34.2. The van der Waals surface area contributed by atoms with E-state index in [1.165, 1.54) is 77.0 Å². The predicted molar refractivity (Wildman–Crippen MR) is 343 cm³/mol. The summed E-state index contributed by atoms with van der Waals surface area (Å²) < 4.78 is 94.1. The van der Waals surface area contributed by atoms with Gasteiger partial charge in [-0.15, -0.1) is 0 Å². The van der Waals surface area contributed by atoms with Crippen molar-refractivity contribution in [1.82, 2.24) is 0 Å². The van der Waals surface area contributed by atoms with Gasteiger partial charge in [-0.05, 0) is 64.2 Å². The fourth-order valence-corrected chi connectivity index (χ4v) is 8.56. The second kappa shape index (κ2) is 75.1. The summed E-state index contributed by atoms with van der Waals surface area (Å²) in [5, 5.41) is 0. The third kappa shape index (κ3) is 69.2. The molecule has 0 bridgehead atoms. The standard InChI is InChI=1S/C68H128O20/c1-5-7-9-11-13-15-17-19-21-23-25-27-29-31-33-35-66(69)86-61-64(88-67(70)36-34-32-30-28-26-24-22-20-18-16-14-12-10-8-6-2)62-87-68(71)65(85-60-59-83-56-55-81-52-51-79-48-46-77-44-42-75-40-38-73-4)63-84-58-57-82-54-53-80-50-49-78-47-45-76-43-41-74-39-37-72-3/h19-22,64-65H,5-18,23-63H2,1-4H3. The van der Waals surface area contributed by atoms with Gasteiger partial charge in [0.1, 0.15) is 13.2 Å². The van der Waals surface area contributed by atoms with Crippen molar-refractivity contribution < 1.29 is 94.9 Å². The van der Waals surface area contributed by atoms with Gasteiger partial charge < -0.3 is 80.5 Å². The molecule has 2 atom stereocenters. The Morgan fingerprint density at radius 2 is 0.580 bits per heavy atom. The van der Waals surface area contributed by atoms with E-state index in [-0.39, 0.29) is 65.1 Å². The second-order valence-electron chi connectivity index (χ2n) is 21.6. The number of allylic oxidation sites excluding steroid dienone is 4. The van der Waals surface area contributed by atoms with E-state index in [0.717, 1.165) is 77.0 Å². The molecule has 20 nitrogen and oxygen atoms in total. The molecule has 20 heteroatoms. The molecule has 520 valence electrons. The number of hydrogen-bond acceptors (Lipinski definition) is 20. The van der Waals surface area contributed by atoms with Crippen LogP contribution < -0.4 is 0 Å². The number of methoxy groups -OCH3 is 2. The van der Waals surface area contributed by atoms with E-state index in [1.807, 2.05) is 0 Å². The van der Waals surface area contributed by atoms with Crippen LogP contribution in [0.25, 0.3) is 0 Å². The van der Waals surface area contributed by atoms with Gasteiger partial charge in [-0.3, -0.25) is 9.59 Å². The molecule has 0 aromatic carbocycles. The fourth-order valence-electron chi connectivity index (χ4n) is 8.56. The lowest BCUT2D eigenvalue weighted by molar-refractivity contribution is -0.174. The average Bonchev–Trinajstić information content (AvgIpc) is 3.60. The van der Waals surface area contributed by atoms with Crippen LogP contribution >= 0.6 is 0 Å². The highest BCUT2D eigenvalue weighted by molar-refractivity contribution is 5.75. The van der Waals surface area contributed by atoms with Gasteiger partial charge in [-0.2, -0.15) is 0 Å². The normalized spacial score (nSPS) is 12.5. The Bertz CT molecular complexity index is 1470. The number of ether oxygens (including phenoxy) is 17. The maximum atomic E-state index is 13.7. The summed E-state index contributed by atoms with van der Waals surface area (Å²) in [5.74, 6) is -1.55. The maximum absolute atomic E-state index is 13.7. The number of rotatable bonds is 75. The van der Waals surface area contributed by atoms with Crippen molar-refractivity contribution in [3.05, 3.63) is 24.3 Å². The van der Waals surface area contributed by atoms with Gasteiger partial charge in [0.05, 0.1) is 165 Å². The molecular weight excluding hydrogens is 1140 g/mol. The molecule has 88 heavy (non-hydrogen) atoms. The summed E-state index contributed by atoms with van der Waals surface area (Å²) in [4.78, 5) is 39.8. The van der Waals surface area contributed by atoms with Crippen molar-refractivity contribution in [3.8, 4) is 0 Å². The monoisotopic (exact) mass is 1260 g/mol. The molecule has 0 rings (SSSR count). The second-order valence-corrected chi connectivity index (χ2v) is 21.6. The van der Waals surface area contributed by atoms with Gasteiger partial charge in [0.15, 0.2) is 12.2 Å². The highest BCUT2D eigenvalue weighted by Crippen LogP contribution is 2.14. The Labute approximate surface area is 533 Å². The minimum atomic E-state index is -1.14. The zero-order valence-electron chi connectivity index (χ0n) is 56.0. The zero-order valence-corrected chi connectivity index (χ0v) is 56.0. The van der Waals surface area contributed by atoms with Crippen molar-refractivity contribution in [2.24, 2.45) is 0 Å². The Kier molecular flexibility index (Phi) is 72.8. The fraction of sp³-hybridized carbons (Fsp3) is 0.897. The Balaban J connectivity index is 5.16. The molecule has 0 aliphatic rings. The minimum absolute atomic E-state index is 0.0564. The molecule has 0 aliphatic carbocycles. The molecule has 0 fully saturated rings. The molecule has 0 N–H and O–H groups in total. The van der Waals surface area contributed by atoms with Crippen molar-refractivity contribution in [2.75, 3.05) is 193 Å². The highest BCUT2D eigenvalue weighted by Gasteiger charge is 2.25. The maximum Gasteiger partial charge on any atom is 0.337 e. The van der Waals surface area contributed by atoms with Crippen molar-refractivity contribution in [3.63, 3.8) is 0 Å². The van der Waals surface area contributed by atoms with Crippen LogP contribution in [0.3, 0.4) is 0 Å². The molecule has 0 aliphatic heterocycles. The summed E-state index contributed by atoms with van der Waals surface area (Å²) in [6.07, 6.45) is 37.6. The van der Waals surface area contributed by atoms with Crippen LogP contribution in [-0.4, -0.2) is 223 Å². The lowest BCUT2D eigenvalue weighted by Crippen LogP contribution is -2.37. The number of unbranched alkanes of at least 4 members (excludes halogenated alkanes) is 22. The summed E-state index contributed by atoms with van der Waals surface area (Å²) in [6.45, 7) is 13.5. The molecule has 0 heterocycles. The zero-order chi connectivity index (χ0) is 63.6. The van der Waals surface area contributed by atoms with Gasteiger partial charge >= 0.3 is 17.9 Å². The van der Waals surface area contributed by atoms with Crippen LogP contribution in [0, 0.1) is 0 Å². The first-order valence-electron chi connectivity index (χ1n) is 34.2. The summed E-state index contributed by atoms with van der Waals surface area (Å²) >= 11 is 0. The summed E-state index contributed by atoms with van der Waals surface area (Å²) in [7, 11) is 3.27. The van der Waals surface area contributed by atoms with E-state index in [4.69, 9.17) is 80.5 Å². The SMILES string of the molecule is CCCCCCCCC=CCCCCCCCC(=O)OCC(COC(=O)C(COCCOCCOCCOCCOCCOCCOC)OCCOCCOCCOCCOCCOCCOC)OC(=O)CCCCCCCC=CCCCCCCCC. The lowest BCUT2D eigenvalue weighted by atomic mass is 10.1. The van der Waals surface area contributed by atoms with Crippen molar-refractivity contribution >= 4 is 17.9 Å². The third-order valence-electron chi connectivity index (χ3n) is 13.7. The van der Waals surface area contributed by atoms with E-state index in [1.54, 1.807) is 14.2 Å². The van der Waals surface area contributed by atoms with E-state index in [2.05, 4.69) is 38.2 Å². The van der Waals surface area contributed by atoms with Crippen LogP contribution in [0.2, 0.25) is 0 Å². The van der Waals surface area contributed by atoms with E-state index in [0.29, 0.717) is 145 Å². The minimum Gasteiger partial charge on any atom is -0.462 e. The van der Waals surface area contributed by atoms with Crippen LogP contribution in [0.1, 0.15) is 194 Å².